The first-order valence-electron chi connectivity index (χ1n) is 12.1. The lowest BCUT2D eigenvalue weighted by molar-refractivity contribution is -0.150. The second-order valence-electron chi connectivity index (χ2n) is 8.86. The van der Waals surface area contributed by atoms with Crippen molar-refractivity contribution in [1.82, 2.24) is 35.4 Å². The van der Waals surface area contributed by atoms with Crippen molar-refractivity contribution in [2.45, 2.75) is 29.5 Å². The smallest absolute Gasteiger partial charge is 0.352 e. The summed E-state index contributed by atoms with van der Waals surface area (Å²) in [6, 6.07) is 3.54. The molecule has 220 valence electrons. The van der Waals surface area contributed by atoms with Crippen molar-refractivity contribution in [3.63, 3.8) is 0 Å². The molecule has 4 heterocycles. The minimum Gasteiger partial charge on any atom is -0.504 e. The third-order valence-corrected chi connectivity index (χ3v) is 9.28. The molecule has 1 aromatic carbocycles. The third-order valence-electron chi connectivity index (χ3n) is 6.23. The van der Waals surface area contributed by atoms with Crippen LogP contribution in [-0.4, -0.2) is 98.9 Å². The van der Waals surface area contributed by atoms with Gasteiger partial charge in [0.2, 0.25) is 5.16 Å². The Bertz CT molecular complexity index is 1610. The molecule has 1 fully saturated rings. The third kappa shape index (κ3) is 5.83. The number of nitrogens with one attached hydrogen (secondary N) is 1. The fourth-order valence-corrected chi connectivity index (χ4v) is 7.18. The molecule has 16 nitrogen and oxygen atoms in total. The van der Waals surface area contributed by atoms with Crippen LogP contribution in [0.2, 0.25) is 0 Å². The highest BCUT2D eigenvalue weighted by Gasteiger charge is 2.54. The highest BCUT2D eigenvalue weighted by Crippen LogP contribution is 2.41. The van der Waals surface area contributed by atoms with Gasteiger partial charge in [0.15, 0.2) is 22.3 Å². The van der Waals surface area contributed by atoms with Gasteiger partial charge in [0.05, 0.1) is 0 Å². The fraction of sp³-hybridized carbons (Fsp3) is 0.304. The largest absolute Gasteiger partial charge is 0.504 e. The number of aromatic hydroxyl groups is 2. The lowest BCUT2D eigenvalue weighted by Gasteiger charge is -2.49. The number of benzene rings is 1. The summed E-state index contributed by atoms with van der Waals surface area (Å²) in [6.45, 7) is 0.370. The summed E-state index contributed by atoms with van der Waals surface area (Å²) in [5, 5.41) is 48.8. The summed E-state index contributed by atoms with van der Waals surface area (Å²) in [6.07, 6.45) is 0.467. The second-order valence-corrected chi connectivity index (χ2v) is 11.8. The zero-order valence-corrected chi connectivity index (χ0v) is 24.1. The number of carboxylic acids is 1. The number of rotatable bonds is 11. The number of carboxylic acid groups (broad SMARTS) is 1. The van der Waals surface area contributed by atoms with Crippen LogP contribution >= 0.6 is 34.9 Å². The van der Waals surface area contributed by atoms with Gasteiger partial charge in [-0.3, -0.25) is 14.5 Å². The van der Waals surface area contributed by atoms with Crippen LogP contribution < -0.4 is 11.1 Å². The van der Waals surface area contributed by atoms with Crippen molar-refractivity contribution in [2.24, 2.45) is 5.16 Å². The number of oxime groups is 1. The first kappa shape index (κ1) is 29.1. The number of β-lactam (4-membered cyclic amide) rings is 1. The van der Waals surface area contributed by atoms with Crippen molar-refractivity contribution in [3.8, 4) is 11.5 Å². The summed E-state index contributed by atoms with van der Waals surface area (Å²) in [5.74, 6) is -2.48. The number of hydrogen-bond donors (Lipinski definition) is 5. The number of nitrogens with zero attached hydrogens (tertiary/aromatic N) is 7. The molecule has 2 aliphatic rings. The molecule has 3 aromatic rings. The zero-order valence-electron chi connectivity index (χ0n) is 21.7. The van der Waals surface area contributed by atoms with Gasteiger partial charge in [0.1, 0.15) is 29.9 Å². The van der Waals surface area contributed by atoms with E-state index in [0.717, 1.165) is 16.9 Å². The maximum atomic E-state index is 13.1. The Morgan fingerprint density at radius 2 is 2.12 bits per heavy atom. The highest BCUT2D eigenvalue weighted by molar-refractivity contribution is 8.01. The van der Waals surface area contributed by atoms with Crippen LogP contribution in [0, 0.1) is 0 Å². The number of aromatic nitrogens is 5. The van der Waals surface area contributed by atoms with Gasteiger partial charge in [0, 0.05) is 23.4 Å². The first-order chi connectivity index (χ1) is 20.2. The van der Waals surface area contributed by atoms with Crippen LogP contribution in [0.3, 0.4) is 0 Å². The number of aryl methyl sites for hydroxylation is 2. The number of thioether (sulfide) groups is 2. The zero-order chi connectivity index (χ0) is 30.0. The van der Waals surface area contributed by atoms with Crippen LogP contribution in [0.15, 0.2) is 45.2 Å². The predicted octanol–water partition coefficient (Wildman–Crippen LogP) is 0.247. The van der Waals surface area contributed by atoms with Gasteiger partial charge < -0.3 is 31.2 Å². The monoisotopic (exact) mass is 633 g/mol. The molecule has 2 atom stereocenters. The number of phenols is 2. The van der Waals surface area contributed by atoms with Crippen LogP contribution in [0.25, 0.3) is 0 Å². The van der Waals surface area contributed by atoms with Gasteiger partial charge in [-0.2, -0.15) is 0 Å². The second kappa shape index (κ2) is 12.2. The maximum absolute atomic E-state index is 13.1. The lowest BCUT2D eigenvalue weighted by Crippen LogP contribution is -2.71. The number of aliphatic carboxylic acids is 1. The quantitative estimate of drug-likeness (QED) is 0.0626. The van der Waals surface area contributed by atoms with Gasteiger partial charge >= 0.3 is 5.97 Å². The molecule has 0 radical (unpaired) electrons. The number of nitrogens with two attached hydrogens (primary N) is 1. The topological polar surface area (TPSA) is 231 Å². The first-order valence-corrected chi connectivity index (χ1v) is 15.0. The van der Waals surface area contributed by atoms with Crippen LogP contribution in [0.4, 0.5) is 5.13 Å². The Morgan fingerprint density at radius 3 is 2.81 bits per heavy atom. The molecule has 1 unspecified atom stereocenters. The van der Waals surface area contributed by atoms with Crippen molar-refractivity contribution in [3.05, 3.63) is 46.1 Å². The molecule has 5 rings (SSSR count). The predicted molar refractivity (Wildman–Crippen MR) is 152 cm³/mol. The highest BCUT2D eigenvalue weighted by atomic mass is 32.2. The number of amides is 2. The Kier molecular flexibility index (Phi) is 8.50. The van der Waals surface area contributed by atoms with E-state index >= 15 is 0 Å². The van der Waals surface area contributed by atoms with E-state index in [2.05, 4.69) is 31.0 Å². The molecular weight excluding hydrogens is 611 g/mol. The van der Waals surface area contributed by atoms with Crippen molar-refractivity contribution in [1.29, 1.82) is 0 Å². The minimum absolute atomic E-state index is 0.140. The molecule has 42 heavy (non-hydrogen) atoms. The number of anilines is 1. The molecule has 2 amide bonds. The summed E-state index contributed by atoms with van der Waals surface area (Å²) < 4.78 is 1.55. The van der Waals surface area contributed by atoms with Crippen LogP contribution in [0.1, 0.15) is 11.3 Å². The number of fused-ring (bicyclic) bond motifs is 1. The summed E-state index contributed by atoms with van der Waals surface area (Å²) in [5.41, 5.74) is 6.80. The number of thiazole rings is 1. The van der Waals surface area contributed by atoms with E-state index in [-0.39, 0.29) is 39.5 Å². The number of carbonyl (C=O) groups is 3. The summed E-state index contributed by atoms with van der Waals surface area (Å²) in [4.78, 5) is 48.2. The number of tetrazole rings is 1. The van der Waals surface area contributed by atoms with Gasteiger partial charge in [-0.25, -0.2) is 14.5 Å². The molecule has 0 aliphatic carbocycles. The van der Waals surface area contributed by atoms with E-state index in [1.54, 1.807) is 10.7 Å². The molecular formula is C23H23N9O7S3. The number of carbonyl (C=O) groups excluding carboxylic acids is 2. The van der Waals surface area contributed by atoms with E-state index in [1.165, 1.54) is 53.0 Å². The summed E-state index contributed by atoms with van der Waals surface area (Å²) >= 11 is 3.65. The Labute approximate surface area is 249 Å². The minimum atomic E-state index is -1.26. The Balaban J connectivity index is 1.25. The molecule has 1 saturated heterocycles. The van der Waals surface area contributed by atoms with Gasteiger partial charge in [0.25, 0.3) is 11.8 Å². The molecule has 2 aliphatic heterocycles. The molecule has 6 N–H and O–H groups in total. The number of nitrogen functional groups attached to an aromatic ring is 1. The molecule has 19 heteroatoms. The number of phenolic OH excluding ortho intramolecular Hbond substituents is 2. The average molecular weight is 634 g/mol. The standard InChI is InChI=1S/C23H23N9O7S3/c1-39-28-15(12-9-41-22(24)25-12)18(35)26-16-19(36)32-17(21(37)38)11(7-40-20(16)32)8-42-23-27-29-30-31(23)5-4-10-2-3-13(33)14(34)6-10/h2-3,6,9,16,20,33-34H,4-5,7-8H2,1H3,(H2,24,25)(H,26,35)(H,37,38)/t16?,20-/m0/s1. The van der Waals surface area contributed by atoms with Gasteiger partial charge in [-0.05, 0) is 40.1 Å². The van der Waals surface area contributed by atoms with E-state index in [0.29, 0.717) is 29.4 Å². The SMILES string of the molecule is CON=C(C(=O)NC1C(=O)N2C(C(=O)O)=C(CSc3nnnn3CCc3ccc(O)c(O)c3)CS[C@@H]12)c1csc(N)n1. The molecule has 0 spiro atoms. The average Bonchev–Trinajstić information content (AvgIpc) is 3.61. The number of hydrogen-bond acceptors (Lipinski definition) is 15. The molecule has 0 saturated carbocycles. The van der Waals surface area contributed by atoms with E-state index in [9.17, 15) is 29.7 Å². The molecule has 2 aromatic heterocycles. The fourth-order valence-electron chi connectivity index (χ4n) is 4.25. The van der Waals surface area contributed by atoms with E-state index < -0.39 is 29.2 Å². The summed E-state index contributed by atoms with van der Waals surface area (Å²) in [7, 11) is 1.26. The van der Waals surface area contributed by atoms with Gasteiger partial charge in [-0.1, -0.05) is 23.0 Å². The van der Waals surface area contributed by atoms with Gasteiger partial charge in [-0.15, -0.1) is 28.2 Å². The van der Waals surface area contributed by atoms with E-state index in [1.807, 2.05) is 0 Å². The Morgan fingerprint density at radius 1 is 1.31 bits per heavy atom. The van der Waals surface area contributed by atoms with E-state index in [4.69, 9.17) is 10.6 Å². The lowest BCUT2D eigenvalue weighted by atomic mass is 10.0. The Hall–Kier alpha value is -4.36. The maximum Gasteiger partial charge on any atom is 0.352 e. The normalized spacial score (nSPS) is 18.5. The van der Waals surface area contributed by atoms with Crippen LogP contribution in [-0.2, 0) is 32.2 Å². The van der Waals surface area contributed by atoms with Crippen molar-refractivity contribution >= 4 is 63.5 Å². The van der Waals surface area contributed by atoms with Crippen molar-refractivity contribution in [2.75, 3.05) is 24.3 Å². The molecule has 0 bridgehead atoms. The van der Waals surface area contributed by atoms with Crippen LogP contribution in [0.5, 0.6) is 11.5 Å². The van der Waals surface area contributed by atoms with Crippen molar-refractivity contribution < 1.29 is 34.5 Å².